The number of fused-ring (bicyclic) bond motifs is 2. The molecule has 7 atom stereocenters. The first-order valence-electron chi connectivity index (χ1n) is 17.5. The molecule has 1 unspecified atom stereocenters. The lowest BCUT2D eigenvalue weighted by atomic mass is 9.44. The van der Waals surface area contributed by atoms with Crippen LogP contribution >= 0.6 is 0 Å². The summed E-state index contributed by atoms with van der Waals surface area (Å²) in [6.07, 6.45) is 3.83. The lowest BCUT2D eigenvalue weighted by Gasteiger charge is -2.64. The molecule has 1 aliphatic heterocycles. The topological polar surface area (TPSA) is 65.0 Å². The highest BCUT2D eigenvalue weighted by molar-refractivity contribution is 6.99. The van der Waals surface area contributed by atoms with Crippen LogP contribution in [0.5, 0.6) is 0 Å². The molecule has 6 rings (SSSR count). The summed E-state index contributed by atoms with van der Waals surface area (Å²) in [5.74, 6) is -0.128. The van der Waals surface area contributed by atoms with Crippen molar-refractivity contribution >= 4 is 33.0 Å². The van der Waals surface area contributed by atoms with Gasteiger partial charge < -0.3 is 18.7 Å². The average Bonchev–Trinajstić information content (AvgIpc) is 3.18. The molecule has 3 aliphatic carbocycles. The molecule has 46 heavy (non-hydrogen) atoms. The molecule has 7 heteroatoms. The van der Waals surface area contributed by atoms with E-state index < -0.39 is 33.8 Å². The molecular formula is C39H56O5Si2. The Hall–Kier alpha value is -2.04. The minimum absolute atomic E-state index is 0.0293. The third kappa shape index (κ3) is 5.06. The standard InChI is InChI=1S/C39H56O5Si2/c1-27-28-21-22-31-38(34(40)43-35(41)39(31,25-28)33(27)44-45(7,8)9)24-16-23-37(5,6)32(38)26-42-46(36(2,3)4,29-17-12-10-13-18-29)30-19-14-11-15-20-30/h10-15,17-20,28,31-34,40H,1,16,21-26H2,2-9H3/t28-,31+,32?,33+,34-,38-,39+/m1/s1. The molecular weight excluding hydrogens is 605 g/mol. The van der Waals surface area contributed by atoms with Gasteiger partial charge in [-0.15, -0.1) is 0 Å². The fourth-order valence-corrected chi connectivity index (χ4v) is 16.2. The molecule has 2 aromatic rings. The maximum atomic E-state index is 14.3. The summed E-state index contributed by atoms with van der Waals surface area (Å²) in [6.45, 7) is 23.3. The maximum Gasteiger partial charge on any atom is 0.317 e. The Morgan fingerprint density at radius 3 is 2.09 bits per heavy atom. The summed E-state index contributed by atoms with van der Waals surface area (Å²) in [5.41, 5.74) is -0.541. The van der Waals surface area contributed by atoms with Crippen molar-refractivity contribution in [1.82, 2.24) is 0 Å². The number of rotatable bonds is 7. The number of ether oxygens (including phenoxy) is 1. The van der Waals surface area contributed by atoms with Gasteiger partial charge in [0.15, 0.2) is 8.32 Å². The van der Waals surface area contributed by atoms with Crippen molar-refractivity contribution in [3.05, 3.63) is 72.8 Å². The van der Waals surface area contributed by atoms with Crippen molar-refractivity contribution in [1.29, 1.82) is 0 Å². The van der Waals surface area contributed by atoms with Crippen LogP contribution in [0, 0.1) is 34.0 Å². The van der Waals surface area contributed by atoms with E-state index in [0.717, 1.165) is 37.7 Å². The quantitative estimate of drug-likeness (QED) is 0.190. The van der Waals surface area contributed by atoms with Gasteiger partial charge in [-0.1, -0.05) is 108 Å². The van der Waals surface area contributed by atoms with Gasteiger partial charge in [-0.3, -0.25) is 4.79 Å². The van der Waals surface area contributed by atoms with E-state index in [0.29, 0.717) is 13.0 Å². The molecule has 0 amide bonds. The minimum atomic E-state index is -2.85. The van der Waals surface area contributed by atoms with Crippen LogP contribution in [-0.2, 0) is 18.4 Å². The van der Waals surface area contributed by atoms with Gasteiger partial charge >= 0.3 is 5.97 Å². The van der Waals surface area contributed by atoms with Gasteiger partial charge in [0.2, 0.25) is 6.29 Å². The number of benzene rings is 2. The fourth-order valence-electron chi connectivity index (χ4n) is 10.5. The highest BCUT2D eigenvalue weighted by Gasteiger charge is 2.74. The van der Waals surface area contributed by atoms with E-state index >= 15 is 0 Å². The zero-order chi connectivity index (χ0) is 33.3. The summed E-state index contributed by atoms with van der Waals surface area (Å²) in [5, 5.41) is 14.5. The number of cyclic esters (lactones) is 1. The first-order valence-corrected chi connectivity index (χ1v) is 22.8. The van der Waals surface area contributed by atoms with Crippen LogP contribution in [0.25, 0.3) is 0 Å². The van der Waals surface area contributed by atoms with Crippen LogP contribution in [0.3, 0.4) is 0 Å². The Labute approximate surface area is 279 Å². The number of hydrogen-bond donors (Lipinski definition) is 1. The molecule has 2 aromatic carbocycles. The van der Waals surface area contributed by atoms with E-state index in [1.807, 2.05) is 0 Å². The molecule has 4 aliphatic rings. The van der Waals surface area contributed by atoms with Crippen molar-refractivity contribution in [2.75, 3.05) is 6.61 Å². The van der Waals surface area contributed by atoms with Crippen LogP contribution in [0.1, 0.15) is 73.1 Å². The van der Waals surface area contributed by atoms with Crippen LogP contribution in [0.15, 0.2) is 72.8 Å². The molecule has 2 bridgehead atoms. The van der Waals surface area contributed by atoms with E-state index in [2.05, 4.69) is 122 Å². The van der Waals surface area contributed by atoms with E-state index in [1.165, 1.54) is 10.4 Å². The molecule has 1 saturated heterocycles. The smallest absolute Gasteiger partial charge is 0.317 e. The van der Waals surface area contributed by atoms with Crippen molar-refractivity contribution < 1.29 is 23.5 Å². The van der Waals surface area contributed by atoms with E-state index in [1.54, 1.807) is 0 Å². The predicted molar refractivity (Wildman–Crippen MR) is 190 cm³/mol. The maximum absolute atomic E-state index is 14.3. The Bertz CT molecular complexity index is 1400. The number of esters is 1. The Balaban J connectivity index is 1.49. The van der Waals surface area contributed by atoms with Gasteiger partial charge in [0, 0.05) is 12.0 Å². The van der Waals surface area contributed by atoms with Crippen molar-refractivity contribution in [2.45, 2.75) is 110 Å². The normalized spacial score (nSPS) is 34.3. The molecule has 4 fully saturated rings. The summed E-state index contributed by atoms with van der Waals surface area (Å²) < 4.78 is 20.8. The minimum Gasteiger partial charge on any atom is -0.435 e. The largest absolute Gasteiger partial charge is 0.435 e. The number of carbonyl (C=O) groups is 1. The molecule has 1 N–H and O–H groups in total. The number of carbonyl (C=O) groups excluding carboxylic acids is 1. The first kappa shape index (κ1) is 33.8. The van der Waals surface area contributed by atoms with Gasteiger partial charge in [0.05, 0.1) is 6.10 Å². The molecule has 250 valence electrons. The number of hydrogen-bond acceptors (Lipinski definition) is 5. The second-order valence-electron chi connectivity index (χ2n) is 17.5. The average molecular weight is 661 g/mol. The second kappa shape index (κ2) is 11.5. The van der Waals surface area contributed by atoms with E-state index in [9.17, 15) is 9.90 Å². The fraction of sp³-hybridized carbons (Fsp3) is 0.615. The second-order valence-corrected chi connectivity index (χ2v) is 26.3. The summed E-state index contributed by atoms with van der Waals surface area (Å²) in [4.78, 5) is 14.3. The lowest BCUT2D eigenvalue weighted by Crippen LogP contribution is -2.70. The molecule has 5 nitrogen and oxygen atoms in total. The number of aliphatic hydroxyl groups is 1. The zero-order valence-corrected chi connectivity index (χ0v) is 31.4. The van der Waals surface area contributed by atoms with Gasteiger partial charge in [-0.25, -0.2) is 0 Å². The third-order valence-corrected chi connectivity index (χ3v) is 18.4. The molecule has 2 spiro atoms. The Morgan fingerprint density at radius 1 is 0.957 bits per heavy atom. The van der Waals surface area contributed by atoms with Crippen molar-refractivity contribution in [2.24, 2.45) is 34.0 Å². The number of aliphatic hydroxyl groups excluding tert-OH is 1. The van der Waals surface area contributed by atoms with Crippen LogP contribution in [-0.4, -0.2) is 46.7 Å². The predicted octanol–water partition coefficient (Wildman–Crippen LogP) is 7.44. The van der Waals surface area contributed by atoms with Gasteiger partial charge in [0.25, 0.3) is 8.32 Å². The summed E-state index contributed by atoms with van der Waals surface area (Å²) >= 11 is 0. The molecule has 0 radical (unpaired) electrons. The van der Waals surface area contributed by atoms with Crippen LogP contribution in [0.2, 0.25) is 24.7 Å². The third-order valence-electron chi connectivity index (χ3n) is 12.4. The SMILES string of the molecule is C=C1[C@@H]2CC[C@@H]3[C@](C2)(C(=O)O[C@@H](O)[C@]32CCCC(C)(C)C2CO[Si](c2ccccc2)(c2ccccc2)C(C)(C)C)[C@H]1O[Si](C)(C)C. The molecule has 3 saturated carbocycles. The zero-order valence-electron chi connectivity index (χ0n) is 29.4. The van der Waals surface area contributed by atoms with Crippen molar-refractivity contribution in [3.63, 3.8) is 0 Å². The van der Waals surface area contributed by atoms with Gasteiger partial charge in [-0.2, -0.15) is 0 Å². The van der Waals surface area contributed by atoms with Crippen LogP contribution < -0.4 is 10.4 Å². The first-order chi connectivity index (χ1) is 21.5. The molecule has 0 aromatic heterocycles. The van der Waals surface area contributed by atoms with Crippen molar-refractivity contribution in [3.8, 4) is 0 Å². The Kier molecular flexibility index (Phi) is 8.49. The van der Waals surface area contributed by atoms with Crippen LogP contribution in [0.4, 0.5) is 0 Å². The highest BCUT2D eigenvalue weighted by Crippen LogP contribution is 2.71. The molecule has 1 heterocycles. The summed E-state index contributed by atoms with van der Waals surface area (Å²) in [7, 11) is -4.90. The van der Waals surface area contributed by atoms with E-state index in [-0.39, 0.29) is 40.3 Å². The highest BCUT2D eigenvalue weighted by atomic mass is 28.4. The van der Waals surface area contributed by atoms with E-state index in [4.69, 9.17) is 13.6 Å². The van der Waals surface area contributed by atoms with Gasteiger partial charge in [-0.05, 0) is 95.9 Å². The summed E-state index contributed by atoms with van der Waals surface area (Å²) in [6, 6.07) is 21.6. The lowest BCUT2D eigenvalue weighted by molar-refractivity contribution is -0.297. The van der Waals surface area contributed by atoms with Gasteiger partial charge in [0.1, 0.15) is 5.41 Å². The Morgan fingerprint density at radius 2 is 1.54 bits per heavy atom. The monoisotopic (exact) mass is 660 g/mol.